The van der Waals surface area contributed by atoms with Gasteiger partial charge in [-0.1, -0.05) is 38.5 Å². The molecule has 0 aliphatic carbocycles. The van der Waals surface area contributed by atoms with Crippen molar-refractivity contribution in [2.24, 2.45) is 0 Å². The van der Waals surface area contributed by atoms with Gasteiger partial charge in [0.25, 0.3) is 0 Å². The number of hydrogen-bond donors (Lipinski definition) is 2. The van der Waals surface area contributed by atoms with Gasteiger partial charge < -0.3 is 20.0 Å². The maximum Gasteiger partial charge on any atom is 0.0431 e. The van der Waals surface area contributed by atoms with Gasteiger partial charge >= 0.3 is 0 Å². The van der Waals surface area contributed by atoms with E-state index in [4.69, 9.17) is 10.2 Å². The second kappa shape index (κ2) is 15.4. The summed E-state index contributed by atoms with van der Waals surface area (Å²) in [5.74, 6) is 0. The van der Waals surface area contributed by atoms with Crippen molar-refractivity contribution in [2.75, 3.05) is 52.5 Å². The molecule has 1 saturated heterocycles. The van der Waals surface area contributed by atoms with Gasteiger partial charge in [-0.15, -0.1) is 0 Å². The van der Waals surface area contributed by atoms with E-state index in [1.807, 2.05) is 0 Å². The molecule has 1 rings (SSSR count). The lowest BCUT2D eigenvalue weighted by molar-refractivity contribution is 0.247. The van der Waals surface area contributed by atoms with Gasteiger partial charge in [0.1, 0.15) is 0 Å². The lowest BCUT2D eigenvalue weighted by atomic mass is 10.1. The van der Waals surface area contributed by atoms with Crippen molar-refractivity contribution in [2.45, 2.75) is 70.6 Å². The van der Waals surface area contributed by atoms with Crippen molar-refractivity contribution in [1.82, 2.24) is 9.80 Å². The van der Waals surface area contributed by atoms with Crippen LogP contribution in [0.5, 0.6) is 0 Å². The van der Waals surface area contributed by atoms with Crippen molar-refractivity contribution in [3.8, 4) is 0 Å². The Morgan fingerprint density at radius 1 is 0.478 bits per heavy atom. The van der Waals surface area contributed by atoms with Crippen molar-refractivity contribution in [1.29, 1.82) is 0 Å². The molecule has 0 saturated carbocycles. The number of nitrogens with zero attached hydrogens (tertiary/aromatic N) is 2. The average molecular weight is 329 g/mol. The van der Waals surface area contributed by atoms with Crippen LogP contribution in [0.4, 0.5) is 0 Å². The maximum absolute atomic E-state index is 8.78. The maximum atomic E-state index is 8.78. The molecular formula is C19H40N2O2. The normalized spacial score (nSPS) is 17.5. The highest BCUT2D eigenvalue weighted by molar-refractivity contribution is 4.69. The van der Waals surface area contributed by atoms with Crippen LogP contribution in [0.1, 0.15) is 70.6 Å². The molecule has 0 amide bonds. The van der Waals surface area contributed by atoms with Crippen LogP contribution in [0.3, 0.4) is 0 Å². The third-order valence-corrected chi connectivity index (χ3v) is 4.95. The predicted octanol–water partition coefficient (Wildman–Crippen LogP) is 2.88. The van der Waals surface area contributed by atoms with Crippen molar-refractivity contribution in [3.63, 3.8) is 0 Å². The number of aliphatic hydroxyl groups excluding tert-OH is 2. The zero-order valence-corrected chi connectivity index (χ0v) is 15.2. The van der Waals surface area contributed by atoms with Crippen LogP contribution in [-0.4, -0.2) is 72.5 Å². The quantitative estimate of drug-likeness (QED) is 0.481. The molecule has 0 radical (unpaired) electrons. The molecule has 1 heterocycles. The average Bonchev–Trinajstić information content (AvgIpc) is 2.79. The molecule has 0 spiro atoms. The highest BCUT2D eigenvalue weighted by atomic mass is 16.3. The first-order valence-corrected chi connectivity index (χ1v) is 10.0. The van der Waals surface area contributed by atoms with Crippen LogP contribution in [0.25, 0.3) is 0 Å². The van der Waals surface area contributed by atoms with E-state index in [9.17, 15) is 0 Å². The first-order chi connectivity index (χ1) is 11.4. The Bertz CT molecular complexity index is 228. The Kier molecular flexibility index (Phi) is 14.0. The molecular weight excluding hydrogens is 288 g/mol. The van der Waals surface area contributed by atoms with Gasteiger partial charge in [-0.2, -0.15) is 0 Å². The largest absolute Gasteiger partial charge is 0.396 e. The second-order valence-corrected chi connectivity index (χ2v) is 7.02. The Hall–Kier alpha value is -0.160. The van der Waals surface area contributed by atoms with E-state index in [2.05, 4.69) is 9.80 Å². The fourth-order valence-electron chi connectivity index (χ4n) is 3.43. The van der Waals surface area contributed by atoms with E-state index in [1.165, 1.54) is 97.1 Å². The molecule has 4 heteroatoms. The highest BCUT2D eigenvalue weighted by Crippen LogP contribution is 2.09. The van der Waals surface area contributed by atoms with Gasteiger partial charge in [-0.05, 0) is 58.3 Å². The first kappa shape index (κ1) is 20.9. The number of rotatable bonds is 14. The summed E-state index contributed by atoms with van der Waals surface area (Å²) in [5, 5.41) is 17.6. The van der Waals surface area contributed by atoms with Gasteiger partial charge in [0.2, 0.25) is 0 Å². The molecule has 4 nitrogen and oxygen atoms in total. The lowest BCUT2D eigenvalue weighted by Gasteiger charge is -2.21. The number of unbranched alkanes of at least 4 members (excludes halogenated alkanes) is 8. The fraction of sp³-hybridized carbons (Fsp3) is 1.00. The van der Waals surface area contributed by atoms with Crippen LogP contribution < -0.4 is 0 Å². The van der Waals surface area contributed by atoms with Gasteiger partial charge in [0.05, 0.1) is 0 Å². The van der Waals surface area contributed by atoms with E-state index in [1.54, 1.807) is 0 Å². The van der Waals surface area contributed by atoms with Crippen LogP contribution >= 0.6 is 0 Å². The summed E-state index contributed by atoms with van der Waals surface area (Å²) in [6, 6.07) is 0. The Labute approximate surface area is 143 Å². The predicted molar refractivity (Wildman–Crippen MR) is 97.8 cm³/mol. The second-order valence-electron chi connectivity index (χ2n) is 7.02. The van der Waals surface area contributed by atoms with Gasteiger partial charge in [-0.3, -0.25) is 0 Å². The van der Waals surface area contributed by atoms with E-state index < -0.39 is 0 Å². The molecule has 0 aromatic carbocycles. The van der Waals surface area contributed by atoms with E-state index in [0.29, 0.717) is 13.2 Å². The SMILES string of the molecule is OCCCCCCCN1CCCN(CCCCCCCO)CC1. The van der Waals surface area contributed by atoms with Crippen molar-refractivity contribution < 1.29 is 10.2 Å². The lowest BCUT2D eigenvalue weighted by Crippen LogP contribution is -2.32. The minimum absolute atomic E-state index is 0.351. The molecule has 0 unspecified atom stereocenters. The summed E-state index contributed by atoms with van der Waals surface area (Å²) in [5.41, 5.74) is 0. The number of hydrogen-bond acceptors (Lipinski definition) is 4. The summed E-state index contributed by atoms with van der Waals surface area (Å²) in [6.07, 6.45) is 13.4. The Morgan fingerprint density at radius 2 is 0.870 bits per heavy atom. The highest BCUT2D eigenvalue weighted by Gasteiger charge is 2.13. The molecule has 138 valence electrons. The van der Waals surface area contributed by atoms with Crippen LogP contribution in [0.2, 0.25) is 0 Å². The zero-order chi connectivity index (χ0) is 16.6. The summed E-state index contributed by atoms with van der Waals surface area (Å²) in [7, 11) is 0. The van der Waals surface area contributed by atoms with Crippen LogP contribution in [0, 0.1) is 0 Å². The minimum Gasteiger partial charge on any atom is -0.396 e. The Balaban J connectivity index is 1.98. The van der Waals surface area contributed by atoms with Crippen LogP contribution in [0.15, 0.2) is 0 Å². The minimum atomic E-state index is 0.351. The molecule has 0 aromatic rings. The smallest absolute Gasteiger partial charge is 0.0431 e. The zero-order valence-electron chi connectivity index (χ0n) is 15.2. The molecule has 23 heavy (non-hydrogen) atoms. The van der Waals surface area contributed by atoms with Crippen molar-refractivity contribution in [3.05, 3.63) is 0 Å². The monoisotopic (exact) mass is 328 g/mol. The molecule has 2 N–H and O–H groups in total. The topological polar surface area (TPSA) is 46.9 Å². The first-order valence-electron chi connectivity index (χ1n) is 10.0. The third-order valence-electron chi connectivity index (χ3n) is 4.95. The standard InChI is InChI=1S/C19H40N2O2/c22-18-9-5-1-3-7-12-20-14-11-15-21(17-16-20)13-8-4-2-6-10-19-23/h22-23H,1-19H2. The summed E-state index contributed by atoms with van der Waals surface area (Å²) in [4.78, 5) is 5.29. The Morgan fingerprint density at radius 3 is 1.30 bits per heavy atom. The summed E-state index contributed by atoms with van der Waals surface area (Å²) < 4.78 is 0. The summed E-state index contributed by atoms with van der Waals surface area (Å²) >= 11 is 0. The van der Waals surface area contributed by atoms with Crippen molar-refractivity contribution >= 4 is 0 Å². The van der Waals surface area contributed by atoms with E-state index in [0.717, 1.165) is 12.8 Å². The fourth-order valence-corrected chi connectivity index (χ4v) is 3.43. The van der Waals surface area contributed by atoms with E-state index >= 15 is 0 Å². The van der Waals surface area contributed by atoms with Crippen LogP contribution in [-0.2, 0) is 0 Å². The molecule has 1 aliphatic rings. The van der Waals surface area contributed by atoms with Gasteiger partial charge in [-0.25, -0.2) is 0 Å². The molecule has 1 aliphatic heterocycles. The van der Waals surface area contributed by atoms with Gasteiger partial charge in [0, 0.05) is 26.3 Å². The molecule has 0 atom stereocenters. The number of aliphatic hydroxyl groups is 2. The summed E-state index contributed by atoms with van der Waals surface area (Å²) in [6.45, 7) is 8.23. The van der Waals surface area contributed by atoms with E-state index in [-0.39, 0.29) is 0 Å². The molecule has 0 aromatic heterocycles. The molecule has 1 fully saturated rings. The third kappa shape index (κ3) is 11.9. The van der Waals surface area contributed by atoms with Gasteiger partial charge in [0.15, 0.2) is 0 Å². The molecule has 0 bridgehead atoms.